The summed E-state index contributed by atoms with van der Waals surface area (Å²) in [6.07, 6.45) is 2.17. The van der Waals surface area contributed by atoms with Gasteiger partial charge < -0.3 is 10.6 Å². The lowest BCUT2D eigenvalue weighted by Gasteiger charge is -2.36. The van der Waals surface area contributed by atoms with Gasteiger partial charge in [-0.25, -0.2) is 10.0 Å². The first-order chi connectivity index (χ1) is 13.6. The molecule has 0 spiro atoms. The van der Waals surface area contributed by atoms with E-state index in [2.05, 4.69) is 17.6 Å². The summed E-state index contributed by atoms with van der Waals surface area (Å²) in [4.78, 5) is 50.5. The van der Waals surface area contributed by atoms with Crippen molar-refractivity contribution in [1.29, 1.82) is 0 Å². The number of imide groups is 1. The quantitative estimate of drug-likeness (QED) is 0.381. The number of amides is 4. The van der Waals surface area contributed by atoms with Crippen molar-refractivity contribution in [2.45, 2.75) is 71.2 Å². The average Bonchev–Trinajstić information content (AvgIpc) is 2.92. The van der Waals surface area contributed by atoms with Gasteiger partial charge in [0.1, 0.15) is 12.1 Å². The number of rotatable bonds is 11. The van der Waals surface area contributed by atoms with E-state index < -0.39 is 17.3 Å². The molecule has 0 aromatic rings. The largest absolute Gasteiger partial charge is 0.357 e. The van der Waals surface area contributed by atoms with Gasteiger partial charge in [-0.05, 0) is 24.0 Å². The molecule has 0 bridgehead atoms. The van der Waals surface area contributed by atoms with E-state index in [1.807, 2.05) is 27.7 Å². The van der Waals surface area contributed by atoms with Gasteiger partial charge in [0.2, 0.25) is 17.7 Å². The topological polar surface area (TPSA) is 98.8 Å². The Labute approximate surface area is 178 Å². The molecule has 0 aromatic heterocycles. The molecule has 4 amide bonds. The number of unbranched alkanes of at least 4 members (excludes halogenated alkanes) is 1. The van der Waals surface area contributed by atoms with Crippen LogP contribution in [-0.2, 0) is 19.2 Å². The van der Waals surface area contributed by atoms with Gasteiger partial charge >= 0.3 is 0 Å². The monoisotopic (exact) mass is 428 g/mol. The summed E-state index contributed by atoms with van der Waals surface area (Å²) in [5, 5.41) is 7.49. The molecule has 1 fully saturated rings. The van der Waals surface area contributed by atoms with E-state index in [4.69, 9.17) is 0 Å². The second kappa shape index (κ2) is 11.5. The Balaban J connectivity index is 2.97. The summed E-state index contributed by atoms with van der Waals surface area (Å²) in [7, 11) is 3.11. The van der Waals surface area contributed by atoms with Gasteiger partial charge in [0.25, 0.3) is 5.91 Å². The van der Waals surface area contributed by atoms with Crippen molar-refractivity contribution in [1.82, 2.24) is 20.7 Å². The maximum atomic E-state index is 13.0. The minimum atomic E-state index is -0.756. The molecule has 1 aliphatic rings. The van der Waals surface area contributed by atoms with E-state index in [0.29, 0.717) is 0 Å². The average molecular weight is 429 g/mol. The van der Waals surface area contributed by atoms with Crippen LogP contribution in [0.1, 0.15) is 53.9 Å². The van der Waals surface area contributed by atoms with Gasteiger partial charge in [-0.15, -0.1) is 11.8 Å². The van der Waals surface area contributed by atoms with Crippen LogP contribution in [0.4, 0.5) is 0 Å². The first-order valence-electron chi connectivity index (χ1n) is 10.3. The Morgan fingerprint density at radius 3 is 2.28 bits per heavy atom. The van der Waals surface area contributed by atoms with Crippen LogP contribution in [0.2, 0.25) is 0 Å². The second-order valence-corrected chi connectivity index (χ2v) is 9.38. The van der Waals surface area contributed by atoms with Crippen molar-refractivity contribution in [3.63, 3.8) is 0 Å². The summed E-state index contributed by atoms with van der Waals surface area (Å²) in [6, 6.07) is -1.45. The summed E-state index contributed by atoms with van der Waals surface area (Å²) < 4.78 is 0. The van der Waals surface area contributed by atoms with Gasteiger partial charge in [0, 0.05) is 20.5 Å². The fourth-order valence-electron chi connectivity index (χ4n) is 3.38. The first-order valence-corrected chi connectivity index (χ1v) is 11.3. The molecule has 3 atom stereocenters. The van der Waals surface area contributed by atoms with Crippen LogP contribution in [0.25, 0.3) is 0 Å². The van der Waals surface area contributed by atoms with Gasteiger partial charge in [0.05, 0.1) is 5.25 Å². The lowest BCUT2D eigenvalue weighted by molar-refractivity contribution is -0.163. The van der Waals surface area contributed by atoms with Crippen molar-refractivity contribution in [3.05, 3.63) is 0 Å². The molecule has 2 N–H and O–H groups in total. The third kappa shape index (κ3) is 6.44. The van der Waals surface area contributed by atoms with Crippen molar-refractivity contribution < 1.29 is 19.2 Å². The van der Waals surface area contributed by atoms with E-state index >= 15 is 0 Å². The summed E-state index contributed by atoms with van der Waals surface area (Å²) in [5.41, 5.74) is 0. The smallest absolute Gasteiger partial charge is 0.257 e. The highest BCUT2D eigenvalue weighted by Gasteiger charge is 2.45. The molecule has 166 valence electrons. The van der Waals surface area contributed by atoms with E-state index in [1.54, 1.807) is 7.05 Å². The second-order valence-electron chi connectivity index (χ2n) is 8.07. The molecule has 8 nitrogen and oxygen atoms in total. The molecule has 0 aliphatic carbocycles. The highest BCUT2D eigenvalue weighted by Crippen LogP contribution is 2.28. The SMILES string of the molecule is CCCCSC1CC(=O)N(N(C)[C@H](C(=O)N[C@H](C(=O)NC)C(C)C)C(C)C)C1=O. The molecule has 9 heteroatoms. The molecule has 1 rings (SSSR count). The number of carbonyl (C=O) groups is 4. The highest BCUT2D eigenvalue weighted by atomic mass is 32.2. The molecular formula is C20H36N4O4S. The number of hydrogen-bond donors (Lipinski definition) is 2. The molecular weight excluding hydrogens is 392 g/mol. The van der Waals surface area contributed by atoms with Gasteiger partial charge in [0.15, 0.2) is 0 Å². The third-order valence-corrected chi connectivity index (χ3v) is 6.30. The fourth-order valence-corrected chi connectivity index (χ4v) is 4.62. The zero-order chi connectivity index (χ0) is 22.3. The zero-order valence-electron chi connectivity index (χ0n) is 18.7. The molecule has 1 aliphatic heterocycles. The predicted octanol–water partition coefficient (Wildman–Crippen LogP) is 1.41. The van der Waals surface area contributed by atoms with E-state index in [0.717, 1.165) is 23.6 Å². The number of thioether (sulfide) groups is 1. The van der Waals surface area contributed by atoms with Crippen LogP contribution in [0, 0.1) is 11.8 Å². The summed E-state index contributed by atoms with van der Waals surface area (Å²) in [5.74, 6) is -0.683. The van der Waals surface area contributed by atoms with Crippen LogP contribution in [0.5, 0.6) is 0 Å². The first kappa shape index (κ1) is 25.4. The van der Waals surface area contributed by atoms with Crippen LogP contribution < -0.4 is 10.6 Å². The summed E-state index contributed by atoms with van der Waals surface area (Å²) >= 11 is 1.50. The number of nitrogens with one attached hydrogen (secondary N) is 2. The Bertz CT molecular complexity index is 611. The Kier molecular flexibility index (Phi) is 10.1. The van der Waals surface area contributed by atoms with Crippen LogP contribution in [0.3, 0.4) is 0 Å². The van der Waals surface area contributed by atoms with Gasteiger partial charge in [-0.3, -0.25) is 19.2 Å². The molecule has 1 heterocycles. The van der Waals surface area contributed by atoms with E-state index in [-0.39, 0.29) is 41.9 Å². The fraction of sp³-hybridized carbons (Fsp3) is 0.800. The minimum absolute atomic E-state index is 0.105. The van der Waals surface area contributed by atoms with Crippen LogP contribution >= 0.6 is 11.8 Å². The van der Waals surface area contributed by atoms with Crippen molar-refractivity contribution in [3.8, 4) is 0 Å². The lowest BCUT2D eigenvalue weighted by atomic mass is 9.99. The zero-order valence-corrected chi connectivity index (χ0v) is 19.5. The third-order valence-electron chi connectivity index (χ3n) is 5.01. The minimum Gasteiger partial charge on any atom is -0.357 e. The Morgan fingerprint density at radius 1 is 1.17 bits per heavy atom. The number of carbonyl (C=O) groups excluding carboxylic acids is 4. The standard InChI is InChI=1S/C20H36N4O4S/c1-8-9-10-29-14-11-15(25)24(20(14)28)23(7)17(13(4)5)19(27)22-16(12(2)3)18(26)21-6/h12-14,16-17H,8-11H2,1-7H3,(H,21,26)(H,22,27)/t14?,16-,17-/m0/s1. The maximum absolute atomic E-state index is 13.0. The molecule has 0 radical (unpaired) electrons. The summed E-state index contributed by atoms with van der Waals surface area (Å²) in [6.45, 7) is 9.48. The molecule has 29 heavy (non-hydrogen) atoms. The number of hydrazine groups is 1. The Morgan fingerprint density at radius 2 is 1.79 bits per heavy atom. The lowest BCUT2D eigenvalue weighted by Crippen LogP contribution is -2.60. The van der Waals surface area contributed by atoms with Crippen LogP contribution in [-0.4, -0.2) is 70.8 Å². The van der Waals surface area contributed by atoms with Crippen molar-refractivity contribution in [2.75, 3.05) is 19.8 Å². The molecule has 1 saturated heterocycles. The number of hydrogen-bond acceptors (Lipinski definition) is 6. The maximum Gasteiger partial charge on any atom is 0.257 e. The highest BCUT2D eigenvalue weighted by molar-refractivity contribution is 8.00. The van der Waals surface area contributed by atoms with Gasteiger partial charge in [-0.2, -0.15) is 0 Å². The normalized spacial score (nSPS) is 19.2. The van der Waals surface area contributed by atoms with Crippen molar-refractivity contribution >= 4 is 35.4 Å². The number of likely N-dealkylation sites (N-methyl/N-ethyl adjacent to an activating group) is 2. The van der Waals surface area contributed by atoms with E-state index in [9.17, 15) is 19.2 Å². The van der Waals surface area contributed by atoms with Crippen LogP contribution in [0.15, 0.2) is 0 Å². The van der Waals surface area contributed by atoms with Crippen molar-refractivity contribution in [2.24, 2.45) is 11.8 Å². The molecule has 0 aromatic carbocycles. The van der Waals surface area contributed by atoms with E-state index in [1.165, 1.54) is 23.8 Å². The van der Waals surface area contributed by atoms with Gasteiger partial charge in [-0.1, -0.05) is 41.0 Å². The Hall–Kier alpha value is -1.61. The number of nitrogens with zero attached hydrogens (tertiary/aromatic N) is 2. The molecule has 0 saturated carbocycles. The predicted molar refractivity (Wildman–Crippen MR) is 115 cm³/mol. The molecule has 1 unspecified atom stereocenters.